The van der Waals surface area contributed by atoms with Crippen molar-refractivity contribution in [2.75, 3.05) is 6.54 Å². The van der Waals surface area contributed by atoms with Crippen molar-refractivity contribution < 1.29 is 0 Å². The van der Waals surface area contributed by atoms with Crippen LogP contribution in [0.5, 0.6) is 0 Å². The molecule has 1 aromatic heterocycles. The minimum Gasteiger partial charge on any atom is -0.309 e. The molecule has 0 amide bonds. The van der Waals surface area contributed by atoms with Crippen molar-refractivity contribution in [3.05, 3.63) is 12.2 Å². The van der Waals surface area contributed by atoms with Crippen molar-refractivity contribution in [2.24, 2.45) is 11.3 Å². The zero-order valence-corrected chi connectivity index (χ0v) is 13.5. The van der Waals surface area contributed by atoms with Crippen LogP contribution in [-0.4, -0.2) is 21.3 Å². The Morgan fingerprint density at radius 3 is 2.55 bits per heavy atom. The third-order valence-electron chi connectivity index (χ3n) is 4.42. The fourth-order valence-electron chi connectivity index (χ4n) is 3.72. The monoisotopic (exact) mass is 278 g/mol. The topological polar surface area (TPSA) is 42.7 Å². The lowest BCUT2D eigenvalue weighted by Gasteiger charge is -2.31. The molecule has 1 aliphatic carbocycles. The maximum absolute atomic E-state index is 4.37. The fourth-order valence-corrected chi connectivity index (χ4v) is 3.72. The third-order valence-corrected chi connectivity index (χ3v) is 4.42. The quantitative estimate of drug-likeness (QED) is 0.829. The number of aromatic nitrogens is 3. The van der Waals surface area contributed by atoms with Gasteiger partial charge in [-0.05, 0) is 44.4 Å². The van der Waals surface area contributed by atoms with Crippen LogP contribution >= 0.6 is 0 Å². The van der Waals surface area contributed by atoms with Gasteiger partial charge in [-0.25, -0.2) is 9.67 Å². The minimum atomic E-state index is 0.380. The fraction of sp³-hybridized carbons (Fsp3) is 0.875. The number of hydrogen-bond donors (Lipinski definition) is 1. The first-order valence-corrected chi connectivity index (χ1v) is 8.11. The largest absolute Gasteiger partial charge is 0.309 e. The van der Waals surface area contributed by atoms with Crippen molar-refractivity contribution in [3.8, 4) is 0 Å². The molecular weight excluding hydrogens is 248 g/mol. The smallest absolute Gasteiger partial charge is 0.141 e. The summed E-state index contributed by atoms with van der Waals surface area (Å²) in [5.74, 6) is 1.84. The molecule has 0 spiro atoms. The third kappa shape index (κ3) is 3.81. The maximum Gasteiger partial charge on any atom is 0.141 e. The van der Waals surface area contributed by atoms with Gasteiger partial charge in [0.2, 0.25) is 0 Å². The van der Waals surface area contributed by atoms with E-state index in [0.29, 0.717) is 11.5 Å². The second-order valence-corrected chi connectivity index (χ2v) is 7.12. The van der Waals surface area contributed by atoms with E-state index in [4.69, 9.17) is 0 Å². The van der Waals surface area contributed by atoms with Crippen LogP contribution in [0.25, 0.3) is 0 Å². The number of hydrogen-bond acceptors (Lipinski definition) is 3. The van der Waals surface area contributed by atoms with E-state index in [1.54, 1.807) is 6.33 Å². The van der Waals surface area contributed by atoms with Crippen LogP contribution in [0, 0.1) is 11.3 Å². The zero-order chi connectivity index (χ0) is 14.6. The summed E-state index contributed by atoms with van der Waals surface area (Å²) >= 11 is 0. The molecule has 1 aromatic rings. The molecule has 2 rings (SSSR count). The van der Waals surface area contributed by atoms with Crippen LogP contribution in [0.1, 0.15) is 71.7 Å². The van der Waals surface area contributed by atoms with Gasteiger partial charge in [0.25, 0.3) is 0 Å². The van der Waals surface area contributed by atoms with Gasteiger partial charge < -0.3 is 5.32 Å². The summed E-state index contributed by atoms with van der Waals surface area (Å²) in [4.78, 5) is 4.37. The zero-order valence-electron chi connectivity index (χ0n) is 13.5. The molecule has 114 valence electrons. The first-order chi connectivity index (χ1) is 9.52. The van der Waals surface area contributed by atoms with Crippen LogP contribution < -0.4 is 5.32 Å². The van der Waals surface area contributed by atoms with Gasteiger partial charge in [-0.1, -0.05) is 26.7 Å². The predicted octanol–water partition coefficient (Wildman–Crippen LogP) is 3.56. The molecule has 0 atom stereocenters. The first kappa shape index (κ1) is 15.5. The van der Waals surface area contributed by atoms with Crippen LogP contribution in [-0.2, 0) is 6.54 Å². The number of nitrogens with one attached hydrogen (secondary N) is 1. The summed E-state index contributed by atoms with van der Waals surface area (Å²) in [5, 5.41) is 7.95. The van der Waals surface area contributed by atoms with E-state index >= 15 is 0 Å². The number of nitrogens with zero attached hydrogens (tertiary/aromatic N) is 3. The van der Waals surface area contributed by atoms with Crippen LogP contribution in [0.3, 0.4) is 0 Å². The molecule has 1 aliphatic rings. The molecule has 0 radical (unpaired) electrons. The molecule has 0 unspecified atom stereocenters. The SMILES string of the molecule is CC(C)CC1(CNCc2ncnn2C(C)C)CCCC1. The van der Waals surface area contributed by atoms with E-state index in [-0.39, 0.29) is 0 Å². The summed E-state index contributed by atoms with van der Waals surface area (Å²) in [6, 6.07) is 0.380. The van der Waals surface area contributed by atoms with Crippen LogP contribution in [0.15, 0.2) is 6.33 Å². The molecule has 4 heteroatoms. The minimum absolute atomic E-state index is 0.380. The van der Waals surface area contributed by atoms with Gasteiger partial charge in [0.1, 0.15) is 12.2 Å². The summed E-state index contributed by atoms with van der Waals surface area (Å²) < 4.78 is 2.01. The van der Waals surface area contributed by atoms with E-state index in [2.05, 4.69) is 43.1 Å². The van der Waals surface area contributed by atoms with Gasteiger partial charge in [0.05, 0.1) is 6.54 Å². The molecule has 1 heterocycles. The Hall–Kier alpha value is -0.900. The van der Waals surface area contributed by atoms with Crippen molar-refractivity contribution in [1.29, 1.82) is 0 Å². The molecule has 0 bridgehead atoms. The van der Waals surface area contributed by atoms with Crippen molar-refractivity contribution >= 4 is 0 Å². The van der Waals surface area contributed by atoms with Gasteiger partial charge in [0, 0.05) is 12.6 Å². The van der Waals surface area contributed by atoms with Gasteiger partial charge in [0.15, 0.2) is 0 Å². The maximum atomic E-state index is 4.37. The summed E-state index contributed by atoms with van der Waals surface area (Å²) in [6.45, 7) is 10.9. The van der Waals surface area contributed by atoms with E-state index in [1.165, 1.54) is 32.1 Å². The Labute approximate surface area is 123 Å². The standard InChI is InChI=1S/C16H30N4/c1-13(2)9-16(7-5-6-8-16)11-17-10-15-18-12-19-20(15)14(3)4/h12-14,17H,5-11H2,1-4H3. The van der Waals surface area contributed by atoms with Crippen molar-refractivity contribution in [2.45, 2.75) is 72.4 Å². The Bertz CT molecular complexity index is 402. The lowest BCUT2D eigenvalue weighted by Crippen LogP contribution is -2.33. The Morgan fingerprint density at radius 2 is 1.95 bits per heavy atom. The van der Waals surface area contributed by atoms with Crippen molar-refractivity contribution in [1.82, 2.24) is 20.1 Å². The molecule has 4 nitrogen and oxygen atoms in total. The van der Waals surface area contributed by atoms with Gasteiger partial charge in [-0.3, -0.25) is 0 Å². The molecule has 20 heavy (non-hydrogen) atoms. The Balaban J connectivity index is 1.89. The molecule has 0 aromatic carbocycles. The predicted molar refractivity (Wildman–Crippen MR) is 82.5 cm³/mol. The van der Waals surface area contributed by atoms with Crippen LogP contribution in [0.2, 0.25) is 0 Å². The van der Waals surface area contributed by atoms with E-state index < -0.39 is 0 Å². The molecule has 0 aliphatic heterocycles. The van der Waals surface area contributed by atoms with Crippen LogP contribution in [0.4, 0.5) is 0 Å². The average molecular weight is 278 g/mol. The second-order valence-electron chi connectivity index (χ2n) is 7.12. The molecule has 1 fully saturated rings. The van der Waals surface area contributed by atoms with E-state index in [9.17, 15) is 0 Å². The normalized spacial score (nSPS) is 18.3. The van der Waals surface area contributed by atoms with Gasteiger partial charge in [-0.15, -0.1) is 0 Å². The lowest BCUT2D eigenvalue weighted by molar-refractivity contribution is 0.222. The summed E-state index contributed by atoms with van der Waals surface area (Å²) in [6.07, 6.45) is 8.57. The van der Waals surface area contributed by atoms with E-state index in [1.807, 2.05) is 4.68 Å². The molecular formula is C16H30N4. The molecule has 1 N–H and O–H groups in total. The van der Waals surface area contributed by atoms with Gasteiger partial charge in [-0.2, -0.15) is 5.10 Å². The highest BCUT2D eigenvalue weighted by Gasteiger charge is 2.33. The van der Waals surface area contributed by atoms with Crippen molar-refractivity contribution in [3.63, 3.8) is 0 Å². The highest BCUT2D eigenvalue weighted by Crippen LogP contribution is 2.42. The highest BCUT2D eigenvalue weighted by atomic mass is 15.4. The van der Waals surface area contributed by atoms with Gasteiger partial charge >= 0.3 is 0 Å². The number of rotatable bonds is 7. The average Bonchev–Trinajstić information content (AvgIpc) is 2.98. The first-order valence-electron chi connectivity index (χ1n) is 8.11. The Morgan fingerprint density at radius 1 is 1.25 bits per heavy atom. The Kier molecular flexibility index (Phi) is 5.19. The molecule has 0 saturated heterocycles. The lowest BCUT2D eigenvalue weighted by atomic mass is 9.78. The van der Waals surface area contributed by atoms with E-state index in [0.717, 1.165) is 24.8 Å². The summed E-state index contributed by atoms with van der Waals surface area (Å²) in [5.41, 5.74) is 0.525. The molecule has 1 saturated carbocycles. The highest BCUT2D eigenvalue weighted by molar-refractivity contribution is 4.90. The summed E-state index contributed by atoms with van der Waals surface area (Å²) in [7, 11) is 0. The second kappa shape index (κ2) is 6.70.